The average molecular weight is 360 g/mol. The molecule has 138 valence electrons. The Bertz CT molecular complexity index is 894. The van der Waals surface area contributed by atoms with E-state index in [0.717, 1.165) is 0 Å². The molecule has 3 rings (SSSR count). The number of carbonyl (C=O) groups excluding carboxylic acids is 1. The van der Waals surface area contributed by atoms with E-state index in [9.17, 15) is 4.79 Å². The summed E-state index contributed by atoms with van der Waals surface area (Å²) in [5.41, 5.74) is 4.24. The smallest absolute Gasteiger partial charge is 0.238 e. The van der Waals surface area contributed by atoms with E-state index in [-0.39, 0.29) is 5.91 Å². The van der Waals surface area contributed by atoms with Crippen LogP contribution in [0.4, 0.5) is 5.69 Å². The first-order chi connectivity index (χ1) is 13.2. The molecule has 0 spiro atoms. The van der Waals surface area contributed by atoms with E-state index >= 15 is 0 Å². The van der Waals surface area contributed by atoms with Crippen LogP contribution < -0.4 is 10.1 Å². The number of benzene rings is 3. The van der Waals surface area contributed by atoms with Gasteiger partial charge >= 0.3 is 0 Å². The number of hydrogen-bond acceptors (Lipinski definition) is 3. The van der Waals surface area contributed by atoms with Gasteiger partial charge in [0.2, 0.25) is 5.91 Å². The second-order valence-electron chi connectivity index (χ2n) is 6.44. The molecule has 0 aliphatic carbocycles. The zero-order valence-electron chi connectivity index (χ0n) is 15.7. The number of hydrogen-bond donors (Lipinski definition) is 1. The molecule has 0 saturated heterocycles. The number of nitrogens with zero attached hydrogens (tertiary/aromatic N) is 1. The maximum absolute atomic E-state index is 12.4. The monoisotopic (exact) mass is 360 g/mol. The third-order valence-electron chi connectivity index (χ3n) is 4.34. The van der Waals surface area contributed by atoms with E-state index in [4.69, 9.17) is 4.74 Å². The fourth-order valence-corrected chi connectivity index (χ4v) is 3.09. The number of methoxy groups -OCH3 is 1. The van der Waals surface area contributed by atoms with Crippen molar-refractivity contribution in [3.05, 3.63) is 84.4 Å². The van der Waals surface area contributed by atoms with Crippen LogP contribution in [-0.4, -0.2) is 31.5 Å². The molecule has 4 nitrogen and oxygen atoms in total. The molecule has 4 heteroatoms. The van der Waals surface area contributed by atoms with Crippen LogP contribution in [0.15, 0.2) is 78.9 Å². The maximum atomic E-state index is 12.4. The first kappa shape index (κ1) is 18.7. The van der Waals surface area contributed by atoms with Crippen molar-refractivity contribution < 1.29 is 9.53 Å². The molecule has 0 atom stereocenters. The minimum absolute atomic E-state index is 0.0702. The Morgan fingerprint density at radius 1 is 0.926 bits per heavy atom. The topological polar surface area (TPSA) is 41.6 Å². The van der Waals surface area contributed by atoms with Gasteiger partial charge in [0.25, 0.3) is 0 Å². The Morgan fingerprint density at radius 3 is 2.37 bits per heavy atom. The summed E-state index contributed by atoms with van der Waals surface area (Å²) in [6, 6.07) is 26.0. The normalized spacial score (nSPS) is 10.6. The highest BCUT2D eigenvalue weighted by molar-refractivity contribution is 5.93. The summed E-state index contributed by atoms with van der Waals surface area (Å²) in [5, 5.41) is 2.92. The Morgan fingerprint density at radius 2 is 1.59 bits per heavy atom. The molecule has 1 amide bonds. The second kappa shape index (κ2) is 9.01. The molecule has 3 aromatic carbocycles. The second-order valence-corrected chi connectivity index (χ2v) is 6.44. The van der Waals surface area contributed by atoms with E-state index in [1.54, 1.807) is 7.11 Å². The molecule has 1 N–H and O–H groups in total. The lowest BCUT2D eigenvalue weighted by atomic mass is 9.99. The van der Waals surface area contributed by atoms with Gasteiger partial charge in [-0.25, -0.2) is 0 Å². The number of anilines is 1. The van der Waals surface area contributed by atoms with Gasteiger partial charge in [-0.2, -0.15) is 0 Å². The van der Waals surface area contributed by atoms with Gasteiger partial charge < -0.3 is 10.1 Å². The molecule has 0 unspecified atom stereocenters. The van der Waals surface area contributed by atoms with E-state index in [1.807, 2.05) is 66.5 Å². The number of amides is 1. The number of rotatable bonds is 7. The summed E-state index contributed by atoms with van der Waals surface area (Å²) in [4.78, 5) is 14.4. The molecular formula is C23H24N2O2. The zero-order valence-corrected chi connectivity index (χ0v) is 15.7. The first-order valence-corrected chi connectivity index (χ1v) is 8.92. The highest BCUT2D eigenvalue weighted by atomic mass is 16.5. The summed E-state index contributed by atoms with van der Waals surface area (Å²) >= 11 is 0. The zero-order chi connectivity index (χ0) is 19.1. The van der Waals surface area contributed by atoms with Crippen LogP contribution in [0.1, 0.15) is 5.56 Å². The molecule has 0 fully saturated rings. The molecule has 0 bridgehead atoms. The van der Waals surface area contributed by atoms with E-state index in [1.165, 1.54) is 16.7 Å². The molecule has 3 aromatic rings. The number of carbonyl (C=O) groups is 1. The van der Waals surface area contributed by atoms with E-state index < -0.39 is 0 Å². The number of likely N-dealkylation sites (N-methyl/N-ethyl adjacent to an activating group) is 1. The Kier molecular flexibility index (Phi) is 6.23. The van der Waals surface area contributed by atoms with Crippen molar-refractivity contribution in [1.82, 2.24) is 4.90 Å². The number of nitrogens with one attached hydrogen (secondary N) is 1. The molecule has 0 radical (unpaired) electrons. The molecule has 0 aromatic heterocycles. The van der Waals surface area contributed by atoms with Gasteiger partial charge in [-0.3, -0.25) is 9.69 Å². The lowest BCUT2D eigenvalue weighted by Crippen LogP contribution is -2.30. The predicted molar refractivity (Wildman–Crippen MR) is 110 cm³/mol. The minimum Gasteiger partial charge on any atom is -0.495 e. The van der Waals surface area contributed by atoms with Crippen LogP contribution in [0.2, 0.25) is 0 Å². The van der Waals surface area contributed by atoms with Crippen LogP contribution in [0.5, 0.6) is 5.75 Å². The van der Waals surface area contributed by atoms with E-state index in [2.05, 4.69) is 29.6 Å². The Labute approximate surface area is 160 Å². The SMILES string of the molecule is COc1ccccc1NC(=O)CN(C)Cc1ccccc1-c1ccccc1. The van der Waals surface area contributed by atoms with Crippen molar-refractivity contribution in [2.45, 2.75) is 6.54 Å². The quantitative estimate of drug-likeness (QED) is 0.678. The summed E-state index contributed by atoms with van der Waals surface area (Å²) in [6.07, 6.45) is 0. The third kappa shape index (κ3) is 4.96. The summed E-state index contributed by atoms with van der Waals surface area (Å²) in [7, 11) is 3.54. The molecular weight excluding hydrogens is 336 g/mol. The van der Waals surface area contributed by atoms with Crippen LogP contribution in [0, 0.1) is 0 Å². The molecule has 27 heavy (non-hydrogen) atoms. The maximum Gasteiger partial charge on any atom is 0.238 e. The molecule has 0 saturated carbocycles. The fraction of sp³-hybridized carbons (Fsp3) is 0.174. The van der Waals surface area contributed by atoms with Gasteiger partial charge in [-0.15, -0.1) is 0 Å². The van der Waals surface area contributed by atoms with Crippen LogP contribution in [0.3, 0.4) is 0 Å². The van der Waals surface area contributed by atoms with Gasteiger partial charge in [-0.05, 0) is 35.9 Å². The van der Waals surface area contributed by atoms with Crippen molar-refractivity contribution in [1.29, 1.82) is 0 Å². The highest BCUT2D eigenvalue weighted by Gasteiger charge is 2.12. The van der Waals surface area contributed by atoms with Gasteiger partial charge in [0.05, 0.1) is 19.3 Å². The average Bonchev–Trinajstić information content (AvgIpc) is 2.69. The first-order valence-electron chi connectivity index (χ1n) is 8.92. The number of para-hydroxylation sites is 2. The van der Waals surface area contributed by atoms with E-state index in [0.29, 0.717) is 24.5 Å². The lowest BCUT2D eigenvalue weighted by molar-refractivity contribution is -0.117. The van der Waals surface area contributed by atoms with Crippen LogP contribution >= 0.6 is 0 Å². The standard InChI is InChI=1S/C23H24N2O2/c1-25(17-23(26)24-21-14-8-9-15-22(21)27-2)16-19-12-6-7-13-20(19)18-10-4-3-5-11-18/h3-15H,16-17H2,1-2H3,(H,24,26). The van der Waals surface area contributed by atoms with Gasteiger partial charge in [0.1, 0.15) is 5.75 Å². The Hall–Kier alpha value is -3.11. The van der Waals surface area contributed by atoms with Crippen LogP contribution in [0.25, 0.3) is 11.1 Å². The third-order valence-corrected chi connectivity index (χ3v) is 4.34. The van der Waals surface area contributed by atoms with Crippen LogP contribution in [-0.2, 0) is 11.3 Å². The Balaban J connectivity index is 1.66. The predicted octanol–water partition coefficient (Wildman–Crippen LogP) is 4.43. The molecule has 0 heterocycles. The van der Waals surface area contributed by atoms with Gasteiger partial charge in [0, 0.05) is 6.54 Å². The van der Waals surface area contributed by atoms with Crippen molar-refractivity contribution >= 4 is 11.6 Å². The highest BCUT2D eigenvalue weighted by Crippen LogP contribution is 2.25. The van der Waals surface area contributed by atoms with Gasteiger partial charge in [-0.1, -0.05) is 66.7 Å². The lowest BCUT2D eigenvalue weighted by Gasteiger charge is -2.19. The fourth-order valence-electron chi connectivity index (χ4n) is 3.09. The summed E-state index contributed by atoms with van der Waals surface area (Å²) in [6.45, 7) is 0.978. The minimum atomic E-state index is -0.0702. The van der Waals surface area contributed by atoms with Crippen molar-refractivity contribution in [2.24, 2.45) is 0 Å². The summed E-state index contributed by atoms with van der Waals surface area (Å²) in [5.74, 6) is 0.585. The van der Waals surface area contributed by atoms with Crippen molar-refractivity contribution in [3.63, 3.8) is 0 Å². The molecule has 0 aliphatic rings. The number of ether oxygens (including phenoxy) is 1. The largest absolute Gasteiger partial charge is 0.495 e. The van der Waals surface area contributed by atoms with Crippen molar-refractivity contribution in [2.75, 3.05) is 26.0 Å². The van der Waals surface area contributed by atoms with Crippen molar-refractivity contribution in [3.8, 4) is 16.9 Å². The van der Waals surface area contributed by atoms with Gasteiger partial charge in [0.15, 0.2) is 0 Å². The summed E-state index contributed by atoms with van der Waals surface area (Å²) < 4.78 is 5.28. The molecule has 0 aliphatic heterocycles.